The average Bonchev–Trinajstić information content (AvgIpc) is 3.23. The van der Waals surface area contributed by atoms with E-state index in [0.717, 1.165) is 21.7 Å². The van der Waals surface area contributed by atoms with Gasteiger partial charge in [-0.15, -0.1) is 11.3 Å². The molecule has 0 spiro atoms. The highest BCUT2D eigenvalue weighted by atomic mass is 35.5. The van der Waals surface area contributed by atoms with E-state index in [4.69, 9.17) is 23.2 Å². The summed E-state index contributed by atoms with van der Waals surface area (Å²) < 4.78 is 0. The molecule has 2 amide bonds. The Bertz CT molecular complexity index is 1150. The first-order valence-corrected chi connectivity index (χ1v) is 10.5. The Kier molecular flexibility index (Phi) is 5.21. The molecule has 0 atom stereocenters. The normalized spacial score (nSPS) is 14.1. The number of hydrogen-bond donors (Lipinski definition) is 1. The number of amides is 2. The monoisotopic (exact) mass is 442 g/mol. The number of anilines is 2. The smallest absolute Gasteiger partial charge is 0.282 e. The lowest BCUT2D eigenvalue weighted by Gasteiger charge is -2.16. The van der Waals surface area contributed by atoms with E-state index in [0.29, 0.717) is 26.2 Å². The molecule has 1 aliphatic rings. The van der Waals surface area contributed by atoms with Crippen LogP contribution < -0.4 is 10.2 Å². The van der Waals surface area contributed by atoms with Crippen molar-refractivity contribution < 1.29 is 9.59 Å². The Hall–Kier alpha value is -2.60. The molecule has 0 radical (unpaired) electrons. The zero-order valence-electron chi connectivity index (χ0n) is 15.6. The first-order valence-electron chi connectivity index (χ1n) is 8.82. The summed E-state index contributed by atoms with van der Waals surface area (Å²) in [6, 6.07) is 14.2. The zero-order valence-corrected chi connectivity index (χ0v) is 18.0. The Balaban J connectivity index is 1.82. The highest BCUT2D eigenvalue weighted by Gasteiger charge is 2.41. The van der Waals surface area contributed by atoms with E-state index in [9.17, 15) is 9.59 Å². The molecule has 0 saturated heterocycles. The summed E-state index contributed by atoms with van der Waals surface area (Å²) in [7, 11) is 0. The van der Waals surface area contributed by atoms with E-state index >= 15 is 0 Å². The number of halogens is 2. The predicted octanol–water partition coefficient (Wildman–Crippen LogP) is 6.07. The van der Waals surface area contributed by atoms with Crippen LogP contribution in [0.5, 0.6) is 0 Å². The molecule has 1 N–H and O–H groups in total. The summed E-state index contributed by atoms with van der Waals surface area (Å²) >= 11 is 13.6. The van der Waals surface area contributed by atoms with Crippen molar-refractivity contribution in [2.75, 3.05) is 10.2 Å². The maximum absolute atomic E-state index is 13.3. The second kappa shape index (κ2) is 7.67. The van der Waals surface area contributed by atoms with Crippen molar-refractivity contribution in [1.82, 2.24) is 0 Å². The molecule has 0 bridgehead atoms. The molecule has 146 valence electrons. The van der Waals surface area contributed by atoms with Gasteiger partial charge in [0.25, 0.3) is 11.8 Å². The molecular weight excluding hydrogens is 427 g/mol. The standard InChI is InChI=1S/C22H16Cl2N2O2S/c1-12-5-6-17(13(2)8-12)25-20-19(18-4-3-7-29-18)21(27)26(22(20)28)16-10-14(23)9-15(24)11-16/h3-11,25H,1-2H3. The molecule has 7 heteroatoms. The van der Waals surface area contributed by atoms with Gasteiger partial charge in [0.2, 0.25) is 0 Å². The van der Waals surface area contributed by atoms with Crippen molar-refractivity contribution in [3.05, 3.63) is 85.7 Å². The van der Waals surface area contributed by atoms with Crippen molar-refractivity contribution in [1.29, 1.82) is 0 Å². The number of nitrogens with zero attached hydrogens (tertiary/aromatic N) is 1. The van der Waals surface area contributed by atoms with Gasteiger partial charge in [0.1, 0.15) is 5.70 Å². The number of carbonyl (C=O) groups is 2. The highest BCUT2D eigenvalue weighted by molar-refractivity contribution is 7.11. The molecule has 4 rings (SSSR count). The van der Waals surface area contributed by atoms with E-state index in [1.807, 2.05) is 49.6 Å². The van der Waals surface area contributed by atoms with Crippen LogP contribution in [0, 0.1) is 13.8 Å². The molecule has 1 aromatic heterocycles. The van der Waals surface area contributed by atoms with Crippen molar-refractivity contribution in [2.24, 2.45) is 0 Å². The first-order chi connectivity index (χ1) is 13.8. The van der Waals surface area contributed by atoms with Crippen LogP contribution in [-0.4, -0.2) is 11.8 Å². The molecule has 29 heavy (non-hydrogen) atoms. The Morgan fingerprint density at radius 1 is 0.931 bits per heavy atom. The molecule has 4 nitrogen and oxygen atoms in total. The largest absolute Gasteiger partial charge is 0.350 e. The molecule has 0 fully saturated rings. The average molecular weight is 443 g/mol. The minimum Gasteiger partial charge on any atom is -0.350 e. The van der Waals surface area contributed by atoms with Crippen LogP contribution in [0.15, 0.2) is 59.6 Å². The maximum Gasteiger partial charge on any atom is 0.282 e. The van der Waals surface area contributed by atoms with Gasteiger partial charge < -0.3 is 5.32 Å². The topological polar surface area (TPSA) is 49.4 Å². The van der Waals surface area contributed by atoms with Gasteiger partial charge in [0.05, 0.1) is 11.3 Å². The number of aryl methyl sites for hydroxylation is 2. The third kappa shape index (κ3) is 3.69. The fourth-order valence-electron chi connectivity index (χ4n) is 3.29. The second-order valence-electron chi connectivity index (χ2n) is 6.74. The molecular formula is C22H16Cl2N2O2S. The van der Waals surface area contributed by atoms with E-state index in [1.165, 1.54) is 11.3 Å². The number of hydrogen-bond acceptors (Lipinski definition) is 4. The van der Waals surface area contributed by atoms with Crippen molar-refractivity contribution in [2.45, 2.75) is 13.8 Å². The quantitative estimate of drug-likeness (QED) is 0.498. The minimum absolute atomic E-state index is 0.237. The summed E-state index contributed by atoms with van der Waals surface area (Å²) in [4.78, 5) is 28.5. The Morgan fingerprint density at radius 3 is 2.28 bits per heavy atom. The van der Waals surface area contributed by atoms with Crippen molar-refractivity contribution in [3.8, 4) is 0 Å². The Morgan fingerprint density at radius 2 is 1.66 bits per heavy atom. The van der Waals surface area contributed by atoms with Crippen LogP contribution in [0.2, 0.25) is 10.0 Å². The van der Waals surface area contributed by atoms with Crippen molar-refractivity contribution >= 4 is 63.3 Å². The molecule has 1 aliphatic heterocycles. The number of nitrogens with one attached hydrogen (secondary N) is 1. The van der Waals surface area contributed by atoms with Crippen LogP contribution in [0.1, 0.15) is 16.0 Å². The second-order valence-corrected chi connectivity index (χ2v) is 8.56. The zero-order chi connectivity index (χ0) is 20.7. The molecule has 2 heterocycles. The van der Waals surface area contributed by atoms with Gasteiger partial charge in [-0.25, -0.2) is 4.90 Å². The molecule has 0 aliphatic carbocycles. The number of rotatable bonds is 4. The third-order valence-corrected chi connectivity index (χ3v) is 5.92. The molecule has 3 aromatic rings. The van der Waals surface area contributed by atoms with E-state index in [2.05, 4.69) is 5.32 Å². The van der Waals surface area contributed by atoms with E-state index in [-0.39, 0.29) is 5.70 Å². The fraction of sp³-hybridized carbons (Fsp3) is 0.0909. The fourth-order valence-corrected chi connectivity index (χ4v) is 4.57. The van der Waals surface area contributed by atoms with Crippen LogP contribution in [0.25, 0.3) is 5.57 Å². The highest BCUT2D eigenvalue weighted by Crippen LogP contribution is 2.37. The van der Waals surface area contributed by atoms with Crippen LogP contribution in [0.3, 0.4) is 0 Å². The number of imide groups is 1. The predicted molar refractivity (Wildman–Crippen MR) is 120 cm³/mol. The molecule has 0 unspecified atom stereocenters. The van der Waals surface area contributed by atoms with Gasteiger partial charge in [-0.05, 0) is 55.1 Å². The van der Waals surface area contributed by atoms with Gasteiger partial charge in [-0.2, -0.15) is 0 Å². The number of thiophene rings is 1. The molecule has 2 aromatic carbocycles. The van der Waals surface area contributed by atoms with Crippen LogP contribution in [0.4, 0.5) is 11.4 Å². The Labute approximate surface area is 182 Å². The summed E-state index contributed by atoms with van der Waals surface area (Å²) in [5.41, 5.74) is 3.77. The number of carbonyl (C=O) groups excluding carboxylic acids is 2. The summed E-state index contributed by atoms with van der Waals surface area (Å²) in [5, 5.41) is 5.76. The van der Waals surface area contributed by atoms with Gasteiger partial charge in [-0.1, -0.05) is 47.0 Å². The SMILES string of the molecule is Cc1ccc(NC2=C(c3cccs3)C(=O)N(c3cc(Cl)cc(Cl)c3)C2=O)c(C)c1. The lowest BCUT2D eigenvalue weighted by molar-refractivity contribution is -0.120. The lowest BCUT2D eigenvalue weighted by Crippen LogP contribution is -2.32. The van der Waals surface area contributed by atoms with Gasteiger partial charge in [-0.3, -0.25) is 9.59 Å². The van der Waals surface area contributed by atoms with Crippen LogP contribution in [-0.2, 0) is 9.59 Å². The minimum atomic E-state index is -0.447. The molecule has 0 saturated carbocycles. The first kappa shape index (κ1) is 19.7. The summed E-state index contributed by atoms with van der Waals surface area (Å²) in [6.45, 7) is 3.96. The van der Waals surface area contributed by atoms with E-state index < -0.39 is 11.8 Å². The van der Waals surface area contributed by atoms with Crippen LogP contribution >= 0.6 is 34.5 Å². The summed E-state index contributed by atoms with van der Waals surface area (Å²) in [6.07, 6.45) is 0. The summed E-state index contributed by atoms with van der Waals surface area (Å²) in [5.74, 6) is -0.861. The van der Waals surface area contributed by atoms with Gasteiger partial charge in [0, 0.05) is 20.6 Å². The lowest BCUT2D eigenvalue weighted by atomic mass is 10.1. The maximum atomic E-state index is 13.3. The van der Waals surface area contributed by atoms with E-state index in [1.54, 1.807) is 18.2 Å². The third-order valence-electron chi connectivity index (χ3n) is 4.60. The number of benzene rings is 2. The van der Waals surface area contributed by atoms with Gasteiger partial charge in [0.15, 0.2) is 0 Å². The van der Waals surface area contributed by atoms with Crippen molar-refractivity contribution in [3.63, 3.8) is 0 Å². The van der Waals surface area contributed by atoms with Gasteiger partial charge >= 0.3 is 0 Å².